The Morgan fingerprint density at radius 2 is 1.75 bits per heavy atom. The van der Waals surface area contributed by atoms with Crippen molar-refractivity contribution in [1.29, 1.82) is 0 Å². The maximum Gasteiger partial charge on any atom is 0.346 e. The van der Waals surface area contributed by atoms with Crippen molar-refractivity contribution >= 4 is 39.9 Å². The molecule has 162 valence electrons. The van der Waals surface area contributed by atoms with Crippen molar-refractivity contribution in [2.45, 2.75) is 0 Å². The summed E-state index contributed by atoms with van der Waals surface area (Å²) in [7, 11) is 0. The number of hydrogen-bond acceptors (Lipinski definition) is 5. The molecule has 0 fully saturated rings. The molecule has 3 rings (SSSR count). The first-order chi connectivity index (χ1) is 15.4. The van der Waals surface area contributed by atoms with E-state index in [2.05, 4.69) is 31.8 Å². The van der Waals surface area contributed by atoms with Gasteiger partial charge in [0.25, 0.3) is 11.8 Å². The standard InChI is InChI=1S/C23H17BrFN3O4/c24-17-5-3-4-16(12-17)22(30)26-14-21(29)28-27-13-15-8-10-18(11-9-15)32-23(31)19-6-1-2-7-20(19)25/h1-13H,14H2,(H,26,30)(H,28,29)/b27-13-. The van der Waals surface area contributed by atoms with Crippen molar-refractivity contribution < 1.29 is 23.5 Å². The molecule has 0 saturated heterocycles. The molecule has 0 aliphatic heterocycles. The van der Waals surface area contributed by atoms with Crippen molar-refractivity contribution in [1.82, 2.24) is 10.7 Å². The number of halogens is 2. The van der Waals surface area contributed by atoms with Crippen LogP contribution in [0.5, 0.6) is 5.75 Å². The average molecular weight is 498 g/mol. The molecule has 0 unspecified atom stereocenters. The Balaban J connectivity index is 1.46. The van der Waals surface area contributed by atoms with Gasteiger partial charge in [0.2, 0.25) is 0 Å². The third-order valence-corrected chi connectivity index (χ3v) is 4.58. The molecule has 32 heavy (non-hydrogen) atoms. The normalized spacial score (nSPS) is 10.6. The first-order valence-corrected chi connectivity index (χ1v) is 10.1. The van der Waals surface area contributed by atoms with Crippen LogP contribution in [0.15, 0.2) is 82.4 Å². The molecule has 0 aromatic heterocycles. The Hall–Kier alpha value is -3.85. The highest BCUT2D eigenvalue weighted by atomic mass is 79.9. The smallest absolute Gasteiger partial charge is 0.346 e. The summed E-state index contributed by atoms with van der Waals surface area (Å²) in [5.74, 6) is -2.12. The number of hydrazone groups is 1. The number of ether oxygens (including phenoxy) is 1. The second-order valence-electron chi connectivity index (χ2n) is 6.42. The zero-order chi connectivity index (χ0) is 22.9. The van der Waals surface area contributed by atoms with Gasteiger partial charge in [-0.1, -0.05) is 34.1 Å². The SMILES string of the molecule is O=C(CNC(=O)c1cccc(Br)c1)N/N=C\c1ccc(OC(=O)c2ccccc2F)cc1. The molecular weight excluding hydrogens is 481 g/mol. The topological polar surface area (TPSA) is 96.9 Å². The van der Waals surface area contributed by atoms with Crippen LogP contribution < -0.4 is 15.5 Å². The number of amides is 2. The van der Waals surface area contributed by atoms with Crippen molar-refractivity contribution in [3.05, 3.63) is 99.8 Å². The summed E-state index contributed by atoms with van der Waals surface area (Å²) in [4.78, 5) is 35.9. The third kappa shape index (κ3) is 6.58. The number of carbonyl (C=O) groups excluding carboxylic acids is 3. The molecule has 0 heterocycles. The number of hydrogen-bond donors (Lipinski definition) is 2. The van der Waals surface area contributed by atoms with Gasteiger partial charge in [0, 0.05) is 10.0 Å². The Kier molecular flexibility index (Phi) is 7.82. The third-order valence-electron chi connectivity index (χ3n) is 4.08. The fraction of sp³-hybridized carbons (Fsp3) is 0.0435. The predicted octanol–water partition coefficient (Wildman–Crippen LogP) is 3.69. The number of rotatable bonds is 7. The fourth-order valence-electron chi connectivity index (χ4n) is 2.52. The summed E-state index contributed by atoms with van der Waals surface area (Å²) in [6, 6.07) is 18.6. The Morgan fingerprint density at radius 1 is 1.00 bits per heavy atom. The van der Waals surface area contributed by atoms with Crippen LogP contribution in [0.25, 0.3) is 0 Å². The molecule has 0 radical (unpaired) electrons. The quantitative estimate of drug-likeness (QED) is 0.225. The van der Waals surface area contributed by atoms with Crippen LogP contribution in [0, 0.1) is 5.82 Å². The summed E-state index contributed by atoms with van der Waals surface area (Å²) < 4.78 is 19.5. The van der Waals surface area contributed by atoms with Gasteiger partial charge in [0.15, 0.2) is 0 Å². The number of benzene rings is 3. The van der Waals surface area contributed by atoms with Crippen LogP contribution in [0.3, 0.4) is 0 Å². The van der Waals surface area contributed by atoms with Crippen LogP contribution in [-0.4, -0.2) is 30.5 Å². The zero-order valence-corrected chi connectivity index (χ0v) is 18.1. The van der Waals surface area contributed by atoms with Gasteiger partial charge in [-0.05, 0) is 60.2 Å². The zero-order valence-electron chi connectivity index (χ0n) is 16.5. The Bertz CT molecular complexity index is 1170. The Labute approximate surface area is 191 Å². The molecule has 2 N–H and O–H groups in total. The fourth-order valence-corrected chi connectivity index (χ4v) is 2.92. The summed E-state index contributed by atoms with van der Waals surface area (Å²) in [6.07, 6.45) is 1.39. The van der Waals surface area contributed by atoms with Gasteiger partial charge in [-0.15, -0.1) is 0 Å². The average Bonchev–Trinajstić information content (AvgIpc) is 2.79. The van der Waals surface area contributed by atoms with E-state index in [0.29, 0.717) is 11.1 Å². The molecule has 0 saturated carbocycles. The molecule has 7 nitrogen and oxygen atoms in total. The van der Waals surface area contributed by atoms with Crippen molar-refractivity contribution in [3.63, 3.8) is 0 Å². The number of nitrogens with one attached hydrogen (secondary N) is 2. The lowest BCUT2D eigenvalue weighted by Crippen LogP contribution is -2.34. The minimum Gasteiger partial charge on any atom is -0.423 e. The molecule has 3 aromatic rings. The molecular formula is C23H17BrFN3O4. The van der Waals surface area contributed by atoms with Crippen LogP contribution in [-0.2, 0) is 4.79 Å². The highest BCUT2D eigenvalue weighted by Crippen LogP contribution is 2.15. The van der Waals surface area contributed by atoms with Crippen LogP contribution >= 0.6 is 15.9 Å². The molecule has 0 spiro atoms. The van der Waals surface area contributed by atoms with E-state index in [0.717, 1.165) is 4.47 Å². The lowest BCUT2D eigenvalue weighted by atomic mass is 10.2. The van der Waals surface area contributed by atoms with Gasteiger partial charge < -0.3 is 10.1 Å². The molecule has 0 bridgehead atoms. The first-order valence-electron chi connectivity index (χ1n) is 9.35. The van der Waals surface area contributed by atoms with E-state index in [-0.39, 0.29) is 23.8 Å². The maximum absolute atomic E-state index is 13.6. The summed E-state index contributed by atoms with van der Waals surface area (Å²) in [6.45, 7) is -0.242. The molecule has 0 aliphatic carbocycles. The second kappa shape index (κ2) is 11.0. The largest absolute Gasteiger partial charge is 0.423 e. The molecule has 2 amide bonds. The maximum atomic E-state index is 13.6. The molecule has 0 atom stereocenters. The highest BCUT2D eigenvalue weighted by molar-refractivity contribution is 9.10. The van der Waals surface area contributed by atoms with E-state index >= 15 is 0 Å². The molecule has 3 aromatic carbocycles. The lowest BCUT2D eigenvalue weighted by molar-refractivity contribution is -0.120. The second-order valence-corrected chi connectivity index (χ2v) is 7.34. The number of carbonyl (C=O) groups is 3. The number of esters is 1. The van der Waals surface area contributed by atoms with Gasteiger partial charge in [-0.2, -0.15) is 5.10 Å². The van der Waals surface area contributed by atoms with Gasteiger partial charge >= 0.3 is 5.97 Å². The van der Waals surface area contributed by atoms with Crippen LogP contribution in [0.2, 0.25) is 0 Å². The molecule has 0 aliphatic rings. The lowest BCUT2D eigenvalue weighted by Gasteiger charge is -2.05. The monoisotopic (exact) mass is 497 g/mol. The van der Waals surface area contributed by atoms with E-state index in [4.69, 9.17) is 4.74 Å². The van der Waals surface area contributed by atoms with Gasteiger partial charge in [-0.25, -0.2) is 14.6 Å². The van der Waals surface area contributed by atoms with Crippen LogP contribution in [0.4, 0.5) is 4.39 Å². The predicted molar refractivity (Wildman–Crippen MR) is 120 cm³/mol. The van der Waals surface area contributed by atoms with Crippen molar-refractivity contribution in [2.75, 3.05) is 6.54 Å². The summed E-state index contributed by atoms with van der Waals surface area (Å²) >= 11 is 3.28. The summed E-state index contributed by atoms with van der Waals surface area (Å²) in [5.41, 5.74) is 3.19. The minimum absolute atomic E-state index is 0.159. The van der Waals surface area contributed by atoms with E-state index in [1.807, 2.05) is 0 Å². The minimum atomic E-state index is -0.804. The van der Waals surface area contributed by atoms with Crippen molar-refractivity contribution in [2.24, 2.45) is 5.10 Å². The van der Waals surface area contributed by atoms with Gasteiger partial charge in [-0.3, -0.25) is 9.59 Å². The van der Waals surface area contributed by atoms with Crippen LogP contribution in [0.1, 0.15) is 26.3 Å². The van der Waals surface area contributed by atoms with E-state index in [9.17, 15) is 18.8 Å². The van der Waals surface area contributed by atoms with E-state index in [1.165, 1.54) is 36.5 Å². The first kappa shape index (κ1) is 22.8. The molecule has 9 heteroatoms. The van der Waals surface area contributed by atoms with E-state index in [1.54, 1.807) is 42.5 Å². The number of nitrogens with zero attached hydrogens (tertiary/aromatic N) is 1. The highest BCUT2D eigenvalue weighted by Gasteiger charge is 2.13. The van der Waals surface area contributed by atoms with E-state index < -0.39 is 17.7 Å². The van der Waals surface area contributed by atoms with Gasteiger partial charge in [0.1, 0.15) is 11.6 Å². The van der Waals surface area contributed by atoms with Gasteiger partial charge in [0.05, 0.1) is 18.3 Å². The summed E-state index contributed by atoms with van der Waals surface area (Å²) in [5, 5.41) is 6.31. The Morgan fingerprint density at radius 3 is 2.47 bits per heavy atom. The van der Waals surface area contributed by atoms with Crippen molar-refractivity contribution in [3.8, 4) is 5.75 Å².